The largest absolute Gasteiger partial charge is 0.370 e. The van der Waals surface area contributed by atoms with Crippen molar-refractivity contribution in [2.24, 2.45) is 0 Å². The Hall–Kier alpha value is -1.23. The summed E-state index contributed by atoms with van der Waals surface area (Å²) in [6, 6.07) is 0. The molecule has 88 valence electrons. The van der Waals surface area contributed by atoms with Gasteiger partial charge >= 0.3 is 0 Å². The molecule has 0 aliphatic heterocycles. The molecule has 5 heteroatoms. The molecular formula is C11H16N2O3. The molecule has 1 aromatic heterocycles. The topological polar surface area (TPSA) is 65.2 Å². The van der Waals surface area contributed by atoms with Crippen LogP contribution in [0.2, 0.25) is 0 Å². The molecule has 0 N–H and O–H groups in total. The third kappa shape index (κ3) is 1.65. The van der Waals surface area contributed by atoms with E-state index in [1.807, 2.05) is 0 Å². The van der Waals surface area contributed by atoms with Gasteiger partial charge in [-0.3, -0.25) is 4.79 Å². The molecule has 0 saturated heterocycles. The van der Waals surface area contributed by atoms with E-state index in [-0.39, 0.29) is 17.3 Å². The zero-order valence-electron chi connectivity index (χ0n) is 9.82. The molecule has 1 unspecified atom stereocenters. The van der Waals surface area contributed by atoms with E-state index in [1.165, 1.54) is 6.92 Å². The predicted octanol–water partition coefficient (Wildman–Crippen LogP) is 1.79. The quantitative estimate of drug-likeness (QED) is 0.780. The van der Waals surface area contributed by atoms with Crippen molar-refractivity contribution in [3.05, 3.63) is 11.7 Å². The number of ether oxygens (including phenoxy) is 1. The van der Waals surface area contributed by atoms with Crippen LogP contribution in [0, 0.1) is 0 Å². The molecule has 1 aromatic rings. The Labute approximate surface area is 94.2 Å². The van der Waals surface area contributed by atoms with Gasteiger partial charge in [-0.15, -0.1) is 0 Å². The standard InChI is InChI=1S/C11H16N2O3/c1-7(8(2)14)9-12-10(13-16-9)11(15-3)5-4-6-11/h7H,4-6H2,1-3H3. The number of hydrogen-bond acceptors (Lipinski definition) is 5. The lowest BCUT2D eigenvalue weighted by atomic mass is 9.79. The molecule has 0 aromatic carbocycles. The number of ketones is 1. The highest BCUT2D eigenvalue weighted by atomic mass is 16.5. The van der Waals surface area contributed by atoms with Gasteiger partial charge in [0.15, 0.2) is 0 Å². The van der Waals surface area contributed by atoms with Crippen LogP contribution in [0.15, 0.2) is 4.52 Å². The molecule has 0 spiro atoms. The maximum atomic E-state index is 11.2. The third-order valence-electron chi connectivity index (χ3n) is 3.38. The normalized spacial score (nSPS) is 20.2. The van der Waals surface area contributed by atoms with Gasteiger partial charge in [-0.2, -0.15) is 4.98 Å². The van der Waals surface area contributed by atoms with Crippen molar-refractivity contribution in [1.82, 2.24) is 10.1 Å². The molecule has 1 atom stereocenters. The van der Waals surface area contributed by atoms with Crippen LogP contribution < -0.4 is 0 Å². The van der Waals surface area contributed by atoms with Crippen molar-refractivity contribution < 1.29 is 14.1 Å². The van der Waals surface area contributed by atoms with Crippen molar-refractivity contribution in [2.45, 2.75) is 44.6 Å². The van der Waals surface area contributed by atoms with Crippen LogP contribution in [0.3, 0.4) is 0 Å². The molecule has 5 nitrogen and oxygen atoms in total. The smallest absolute Gasteiger partial charge is 0.237 e. The number of aromatic nitrogens is 2. The fourth-order valence-corrected chi connectivity index (χ4v) is 1.79. The van der Waals surface area contributed by atoms with Crippen LogP contribution >= 0.6 is 0 Å². The van der Waals surface area contributed by atoms with Crippen LogP contribution in [0.1, 0.15) is 50.7 Å². The van der Waals surface area contributed by atoms with E-state index in [1.54, 1.807) is 14.0 Å². The monoisotopic (exact) mass is 224 g/mol. The van der Waals surface area contributed by atoms with Crippen LogP contribution in [0.4, 0.5) is 0 Å². The van der Waals surface area contributed by atoms with E-state index in [4.69, 9.17) is 9.26 Å². The first-order valence-corrected chi connectivity index (χ1v) is 5.49. The van der Waals surface area contributed by atoms with E-state index >= 15 is 0 Å². The van der Waals surface area contributed by atoms with Gasteiger partial charge in [0.1, 0.15) is 11.4 Å². The molecule has 0 amide bonds. The number of rotatable bonds is 4. The van der Waals surface area contributed by atoms with Gasteiger partial charge in [0.05, 0.1) is 5.92 Å². The first kappa shape index (κ1) is 11.3. The van der Waals surface area contributed by atoms with Gasteiger partial charge in [-0.1, -0.05) is 5.16 Å². The SMILES string of the molecule is COC1(c2noc(C(C)C(C)=O)n2)CCC1. The first-order valence-electron chi connectivity index (χ1n) is 5.49. The first-order chi connectivity index (χ1) is 7.59. The molecule has 1 saturated carbocycles. The second kappa shape index (κ2) is 3.97. The average molecular weight is 224 g/mol. The Bertz CT molecular complexity index is 390. The minimum Gasteiger partial charge on any atom is -0.370 e. The zero-order valence-corrected chi connectivity index (χ0v) is 9.82. The molecule has 1 fully saturated rings. The second-order valence-corrected chi connectivity index (χ2v) is 4.34. The van der Waals surface area contributed by atoms with Crippen molar-refractivity contribution in [3.8, 4) is 0 Å². The van der Waals surface area contributed by atoms with E-state index in [0.29, 0.717) is 11.7 Å². The number of carbonyl (C=O) groups excluding carboxylic acids is 1. The minimum absolute atomic E-state index is 0.0234. The summed E-state index contributed by atoms with van der Waals surface area (Å²) in [4.78, 5) is 15.5. The summed E-state index contributed by atoms with van der Waals surface area (Å²) in [6.45, 7) is 3.28. The number of carbonyl (C=O) groups is 1. The molecule has 16 heavy (non-hydrogen) atoms. The Morgan fingerprint density at radius 1 is 1.56 bits per heavy atom. The van der Waals surface area contributed by atoms with Crippen molar-refractivity contribution >= 4 is 5.78 Å². The summed E-state index contributed by atoms with van der Waals surface area (Å²) in [5, 5.41) is 3.92. The maximum absolute atomic E-state index is 11.2. The molecule has 2 rings (SSSR count). The lowest BCUT2D eigenvalue weighted by Gasteiger charge is -2.37. The fraction of sp³-hybridized carbons (Fsp3) is 0.727. The van der Waals surface area contributed by atoms with Crippen LogP contribution in [0.25, 0.3) is 0 Å². The van der Waals surface area contributed by atoms with Crippen LogP contribution in [0.5, 0.6) is 0 Å². The number of hydrogen-bond donors (Lipinski definition) is 0. The highest BCUT2D eigenvalue weighted by Crippen LogP contribution is 2.42. The van der Waals surface area contributed by atoms with E-state index in [2.05, 4.69) is 10.1 Å². The van der Waals surface area contributed by atoms with Gasteiger partial charge in [0.2, 0.25) is 11.7 Å². The Balaban J connectivity index is 2.22. The Morgan fingerprint density at radius 2 is 2.25 bits per heavy atom. The molecule has 1 heterocycles. The minimum atomic E-state index is -0.377. The van der Waals surface area contributed by atoms with Gasteiger partial charge < -0.3 is 9.26 Å². The molecular weight excluding hydrogens is 208 g/mol. The van der Waals surface area contributed by atoms with E-state index in [9.17, 15) is 4.79 Å². The summed E-state index contributed by atoms with van der Waals surface area (Å²) >= 11 is 0. The third-order valence-corrected chi connectivity index (χ3v) is 3.38. The number of nitrogens with zero attached hydrogens (tertiary/aromatic N) is 2. The lowest BCUT2D eigenvalue weighted by molar-refractivity contribution is -0.118. The summed E-state index contributed by atoms with van der Waals surface area (Å²) in [5.41, 5.74) is -0.377. The summed E-state index contributed by atoms with van der Waals surface area (Å²) in [6.07, 6.45) is 2.94. The average Bonchev–Trinajstić information content (AvgIpc) is 2.65. The highest BCUT2D eigenvalue weighted by Gasteiger charge is 2.43. The predicted molar refractivity (Wildman–Crippen MR) is 55.9 cm³/mol. The Morgan fingerprint density at radius 3 is 2.69 bits per heavy atom. The molecule has 1 aliphatic rings. The van der Waals surface area contributed by atoms with Gasteiger partial charge in [0, 0.05) is 7.11 Å². The molecule has 0 bridgehead atoms. The number of Topliss-reactive ketones (excluding diaryl/α,β-unsaturated/α-hetero) is 1. The Kier molecular flexibility index (Phi) is 2.80. The lowest BCUT2D eigenvalue weighted by Crippen LogP contribution is -2.37. The second-order valence-electron chi connectivity index (χ2n) is 4.34. The van der Waals surface area contributed by atoms with Gasteiger partial charge in [0.25, 0.3) is 0 Å². The zero-order chi connectivity index (χ0) is 11.8. The van der Waals surface area contributed by atoms with Crippen molar-refractivity contribution in [3.63, 3.8) is 0 Å². The van der Waals surface area contributed by atoms with E-state index < -0.39 is 0 Å². The van der Waals surface area contributed by atoms with Crippen LogP contribution in [-0.2, 0) is 15.1 Å². The van der Waals surface area contributed by atoms with Crippen molar-refractivity contribution in [1.29, 1.82) is 0 Å². The number of methoxy groups -OCH3 is 1. The molecule has 0 radical (unpaired) electrons. The highest BCUT2D eigenvalue weighted by molar-refractivity contribution is 5.81. The summed E-state index contributed by atoms with van der Waals surface area (Å²) in [5.74, 6) is 0.640. The summed E-state index contributed by atoms with van der Waals surface area (Å²) < 4.78 is 10.6. The maximum Gasteiger partial charge on any atom is 0.237 e. The van der Waals surface area contributed by atoms with E-state index in [0.717, 1.165) is 19.3 Å². The summed E-state index contributed by atoms with van der Waals surface area (Å²) in [7, 11) is 1.66. The fourth-order valence-electron chi connectivity index (χ4n) is 1.79. The van der Waals surface area contributed by atoms with Crippen LogP contribution in [-0.4, -0.2) is 23.0 Å². The van der Waals surface area contributed by atoms with Crippen molar-refractivity contribution in [2.75, 3.05) is 7.11 Å². The van der Waals surface area contributed by atoms with Gasteiger partial charge in [-0.25, -0.2) is 0 Å². The molecule has 1 aliphatic carbocycles. The van der Waals surface area contributed by atoms with Gasteiger partial charge in [-0.05, 0) is 33.1 Å².